The average Bonchev–Trinajstić information content (AvgIpc) is 3.02. The maximum Gasteiger partial charge on any atom is 0.435 e. The molecule has 0 aliphatic carbocycles. The molecule has 0 bridgehead atoms. The first-order chi connectivity index (χ1) is 11.2. The first kappa shape index (κ1) is 17.5. The van der Waals surface area contributed by atoms with Gasteiger partial charge in [-0.1, -0.05) is 6.07 Å². The summed E-state index contributed by atoms with van der Waals surface area (Å²) in [7, 11) is 1.45. The summed E-state index contributed by atoms with van der Waals surface area (Å²) in [4.78, 5) is 24.0. The molecular weight excluding hydrogens is 327 g/mol. The van der Waals surface area contributed by atoms with Crippen LogP contribution in [0.5, 0.6) is 0 Å². The van der Waals surface area contributed by atoms with Crippen LogP contribution in [0.1, 0.15) is 22.5 Å². The molecule has 24 heavy (non-hydrogen) atoms. The van der Waals surface area contributed by atoms with Gasteiger partial charge in [0.15, 0.2) is 5.69 Å². The predicted molar refractivity (Wildman–Crippen MR) is 77.8 cm³/mol. The Hall–Kier alpha value is -2.84. The highest BCUT2D eigenvalue weighted by atomic mass is 19.4. The fourth-order valence-electron chi connectivity index (χ4n) is 1.99. The molecule has 128 valence electrons. The zero-order valence-corrected chi connectivity index (χ0v) is 12.6. The van der Waals surface area contributed by atoms with E-state index >= 15 is 0 Å². The maximum absolute atomic E-state index is 12.6. The lowest BCUT2D eigenvalue weighted by molar-refractivity contribution is -0.141. The summed E-state index contributed by atoms with van der Waals surface area (Å²) in [6.07, 6.45) is -3.59. The Balaban J connectivity index is 2.21. The fraction of sp³-hybridized carbons (Fsp3) is 0.267. The van der Waals surface area contributed by atoms with Gasteiger partial charge in [-0.25, -0.2) is 4.68 Å². The van der Waals surface area contributed by atoms with E-state index in [0.29, 0.717) is 5.69 Å². The van der Waals surface area contributed by atoms with Crippen LogP contribution in [0.3, 0.4) is 0 Å². The van der Waals surface area contributed by atoms with Crippen LogP contribution in [0.25, 0.3) is 5.69 Å². The number of alkyl halides is 3. The number of amides is 1. The monoisotopic (exact) mass is 341 g/mol. The minimum absolute atomic E-state index is 0.0262. The number of aromatic nitrogens is 2. The van der Waals surface area contributed by atoms with Crippen molar-refractivity contribution >= 4 is 11.9 Å². The van der Waals surface area contributed by atoms with E-state index in [2.05, 4.69) is 5.10 Å². The van der Waals surface area contributed by atoms with Gasteiger partial charge in [0, 0.05) is 25.4 Å². The SMILES string of the molecule is CN(CCC(=O)O)C(=O)c1cccc(-n2ccc(C(F)(F)F)n2)c1. The average molecular weight is 341 g/mol. The number of carbonyl (C=O) groups excluding carboxylic acids is 1. The Morgan fingerprint density at radius 2 is 2.00 bits per heavy atom. The number of hydrogen-bond acceptors (Lipinski definition) is 3. The van der Waals surface area contributed by atoms with E-state index in [0.717, 1.165) is 16.9 Å². The highest BCUT2D eigenvalue weighted by Gasteiger charge is 2.33. The van der Waals surface area contributed by atoms with Crippen molar-refractivity contribution in [2.75, 3.05) is 13.6 Å². The minimum atomic E-state index is -4.55. The number of halogens is 3. The van der Waals surface area contributed by atoms with E-state index in [9.17, 15) is 22.8 Å². The minimum Gasteiger partial charge on any atom is -0.481 e. The summed E-state index contributed by atoms with van der Waals surface area (Å²) >= 11 is 0. The van der Waals surface area contributed by atoms with Gasteiger partial charge < -0.3 is 10.0 Å². The smallest absolute Gasteiger partial charge is 0.435 e. The lowest BCUT2D eigenvalue weighted by Gasteiger charge is -2.16. The van der Waals surface area contributed by atoms with Crippen LogP contribution in [0.2, 0.25) is 0 Å². The topological polar surface area (TPSA) is 75.4 Å². The number of carboxylic acids is 1. The van der Waals surface area contributed by atoms with Crippen molar-refractivity contribution in [1.29, 1.82) is 0 Å². The van der Waals surface area contributed by atoms with Crippen molar-refractivity contribution in [3.8, 4) is 5.69 Å². The molecule has 0 unspecified atom stereocenters. The molecule has 0 aliphatic rings. The molecule has 6 nitrogen and oxygen atoms in total. The third kappa shape index (κ3) is 4.12. The zero-order valence-electron chi connectivity index (χ0n) is 12.6. The highest BCUT2D eigenvalue weighted by molar-refractivity contribution is 5.94. The quantitative estimate of drug-likeness (QED) is 0.906. The van der Waals surface area contributed by atoms with E-state index < -0.39 is 23.7 Å². The molecule has 0 fully saturated rings. The normalized spacial score (nSPS) is 11.3. The molecule has 0 radical (unpaired) electrons. The van der Waals surface area contributed by atoms with Gasteiger partial charge in [-0.2, -0.15) is 18.3 Å². The summed E-state index contributed by atoms with van der Waals surface area (Å²) < 4.78 is 38.8. The Morgan fingerprint density at radius 1 is 1.29 bits per heavy atom. The zero-order chi connectivity index (χ0) is 17.9. The Morgan fingerprint density at radius 3 is 2.58 bits per heavy atom. The van der Waals surface area contributed by atoms with Gasteiger partial charge in [0.1, 0.15) is 0 Å². The molecule has 0 saturated carbocycles. The van der Waals surface area contributed by atoms with E-state index in [4.69, 9.17) is 5.11 Å². The van der Waals surface area contributed by atoms with Crippen molar-refractivity contribution in [2.45, 2.75) is 12.6 Å². The number of carbonyl (C=O) groups is 2. The lowest BCUT2D eigenvalue weighted by Crippen LogP contribution is -2.29. The van der Waals surface area contributed by atoms with Crippen LogP contribution in [-0.2, 0) is 11.0 Å². The van der Waals surface area contributed by atoms with Crippen LogP contribution >= 0.6 is 0 Å². The number of aliphatic carboxylic acids is 1. The first-order valence-corrected chi connectivity index (χ1v) is 6.89. The first-order valence-electron chi connectivity index (χ1n) is 6.89. The summed E-state index contributed by atoms with van der Waals surface area (Å²) in [6, 6.07) is 6.77. The standard InChI is InChI=1S/C15H14F3N3O3/c1-20(7-6-13(22)23)14(24)10-3-2-4-11(9-10)21-8-5-12(19-21)15(16,17)18/h2-5,8-9H,6-7H2,1H3,(H,22,23). The van der Waals surface area contributed by atoms with Crippen LogP contribution in [0.4, 0.5) is 13.2 Å². The third-order valence-electron chi connectivity index (χ3n) is 3.24. The summed E-state index contributed by atoms with van der Waals surface area (Å²) in [6.45, 7) is 0.0262. The van der Waals surface area contributed by atoms with Crippen molar-refractivity contribution < 1.29 is 27.9 Å². The van der Waals surface area contributed by atoms with E-state index in [1.54, 1.807) is 0 Å². The van der Waals surface area contributed by atoms with Crippen LogP contribution < -0.4 is 0 Å². The van der Waals surface area contributed by atoms with Gasteiger partial charge in [0.25, 0.3) is 5.91 Å². The molecule has 9 heteroatoms. The Labute approximate surface area is 135 Å². The maximum atomic E-state index is 12.6. The van der Waals surface area contributed by atoms with E-state index in [1.165, 1.54) is 36.2 Å². The van der Waals surface area contributed by atoms with Crippen LogP contribution in [0, 0.1) is 0 Å². The molecule has 1 N–H and O–H groups in total. The molecule has 2 aromatic rings. The molecular formula is C15H14F3N3O3. The van der Waals surface area contributed by atoms with Crippen LogP contribution in [-0.4, -0.2) is 45.3 Å². The van der Waals surface area contributed by atoms with Crippen LogP contribution in [0.15, 0.2) is 36.5 Å². The molecule has 2 rings (SSSR count). The molecule has 1 aromatic carbocycles. The number of benzene rings is 1. The van der Waals surface area contributed by atoms with Gasteiger partial charge in [0.05, 0.1) is 12.1 Å². The summed E-state index contributed by atoms with van der Waals surface area (Å²) in [5, 5.41) is 12.1. The number of carboxylic acid groups (broad SMARTS) is 1. The Kier molecular flexibility index (Phi) is 4.91. The molecule has 1 amide bonds. The predicted octanol–water partition coefficient (Wildman–Crippen LogP) is 2.44. The van der Waals surface area contributed by atoms with E-state index in [-0.39, 0.29) is 18.5 Å². The van der Waals surface area contributed by atoms with Gasteiger partial charge >= 0.3 is 12.1 Å². The highest BCUT2D eigenvalue weighted by Crippen LogP contribution is 2.28. The lowest BCUT2D eigenvalue weighted by atomic mass is 10.1. The van der Waals surface area contributed by atoms with Crippen molar-refractivity contribution in [2.24, 2.45) is 0 Å². The number of hydrogen-bond donors (Lipinski definition) is 1. The van der Waals surface area contributed by atoms with Gasteiger partial charge in [-0.15, -0.1) is 0 Å². The molecule has 0 atom stereocenters. The molecule has 1 aromatic heterocycles. The molecule has 0 saturated heterocycles. The summed E-state index contributed by atoms with van der Waals surface area (Å²) in [5.74, 6) is -1.46. The second kappa shape index (κ2) is 6.73. The molecule has 1 heterocycles. The van der Waals surface area contributed by atoms with Crippen molar-refractivity contribution in [1.82, 2.24) is 14.7 Å². The third-order valence-corrected chi connectivity index (χ3v) is 3.24. The van der Waals surface area contributed by atoms with E-state index in [1.807, 2.05) is 0 Å². The number of nitrogens with zero attached hydrogens (tertiary/aromatic N) is 3. The van der Waals surface area contributed by atoms with Gasteiger partial charge in [-0.3, -0.25) is 9.59 Å². The fourth-order valence-corrected chi connectivity index (χ4v) is 1.99. The summed E-state index contributed by atoms with van der Waals surface area (Å²) in [5.41, 5.74) is -0.509. The molecule has 0 spiro atoms. The van der Waals surface area contributed by atoms with Crippen molar-refractivity contribution in [3.63, 3.8) is 0 Å². The second-order valence-corrected chi connectivity index (χ2v) is 5.06. The number of rotatable bonds is 5. The van der Waals surface area contributed by atoms with Gasteiger partial charge in [0.2, 0.25) is 0 Å². The second-order valence-electron chi connectivity index (χ2n) is 5.06. The Bertz CT molecular complexity index is 756. The molecule has 0 aliphatic heterocycles. The van der Waals surface area contributed by atoms with Crippen molar-refractivity contribution in [3.05, 3.63) is 47.8 Å². The largest absolute Gasteiger partial charge is 0.481 e. The van der Waals surface area contributed by atoms with Gasteiger partial charge in [-0.05, 0) is 24.3 Å².